The highest BCUT2D eigenvalue weighted by Crippen LogP contribution is 2.14. The van der Waals surface area contributed by atoms with Crippen LogP contribution >= 0.6 is 0 Å². The van der Waals surface area contributed by atoms with E-state index in [0.29, 0.717) is 26.4 Å². The van der Waals surface area contributed by atoms with Gasteiger partial charge in [-0.1, -0.05) is 0 Å². The molecule has 0 aliphatic heterocycles. The van der Waals surface area contributed by atoms with Crippen molar-refractivity contribution in [1.82, 2.24) is 0 Å². The molecule has 0 rings (SSSR count). The Morgan fingerprint density at radius 3 is 1.36 bits per heavy atom. The van der Waals surface area contributed by atoms with Crippen LogP contribution in [0, 0.1) is 0 Å². The minimum atomic E-state index is -1.17. The third-order valence-electron chi connectivity index (χ3n) is 2.65. The number of hydrogen-bond acceptors (Lipinski definition) is 9. The summed E-state index contributed by atoms with van der Waals surface area (Å²) in [5, 5.41) is 0. The van der Waals surface area contributed by atoms with Gasteiger partial charge in [0, 0.05) is 14.2 Å². The van der Waals surface area contributed by atoms with Crippen LogP contribution in [-0.2, 0) is 33.2 Å². The molecule has 9 heteroatoms. The number of carbonyl (C=O) groups is 2. The molecule has 0 bridgehead atoms. The molecule has 148 valence electrons. The molecule has 9 nitrogen and oxygen atoms in total. The molecule has 0 aliphatic carbocycles. The second-order valence-electron chi connectivity index (χ2n) is 6.42. The van der Waals surface area contributed by atoms with Gasteiger partial charge in [0.2, 0.25) is 0 Å². The van der Waals surface area contributed by atoms with Crippen LogP contribution in [0.25, 0.3) is 0 Å². The second kappa shape index (κ2) is 12.0. The van der Waals surface area contributed by atoms with Gasteiger partial charge in [0.15, 0.2) is 0 Å². The molecule has 0 aromatic rings. The minimum Gasteiger partial charge on any atom is -0.425 e. The predicted molar refractivity (Wildman–Crippen MR) is 87.6 cm³/mol. The fraction of sp³-hybridized carbons (Fsp3) is 0.875. The van der Waals surface area contributed by atoms with Crippen molar-refractivity contribution in [3.8, 4) is 0 Å². The van der Waals surface area contributed by atoms with Crippen LogP contribution in [0.1, 0.15) is 27.7 Å². The number of methoxy groups -OCH3 is 2. The van der Waals surface area contributed by atoms with Gasteiger partial charge in [-0.3, -0.25) is 0 Å². The lowest BCUT2D eigenvalue weighted by atomic mass is 10.1. The highest BCUT2D eigenvalue weighted by Gasteiger charge is 2.29. The van der Waals surface area contributed by atoms with Crippen molar-refractivity contribution < 1.29 is 42.7 Å². The largest absolute Gasteiger partial charge is 0.519 e. The van der Waals surface area contributed by atoms with E-state index in [2.05, 4.69) is 4.74 Å². The average Bonchev–Trinajstić information content (AvgIpc) is 2.46. The summed E-state index contributed by atoms with van der Waals surface area (Å²) in [6.07, 6.45) is -2.33. The highest BCUT2D eigenvalue weighted by atomic mass is 16.8. The smallest absolute Gasteiger partial charge is 0.425 e. The zero-order valence-corrected chi connectivity index (χ0v) is 15.9. The van der Waals surface area contributed by atoms with Crippen LogP contribution in [0.4, 0.5) is 9.59 Å². The Morgan fingerprint density at radius 1 is 0.680 bits per heavy atom. The first-order valence-electron chi connectivity index (χ1n) is 7.89. The van der Waals surface area contributed by atoms with Crippen LogP contribution in [-0.4, -0.2) is 77.4 Å². The van der Waals surface area contributed by atoms with Gasteiger partial charge in [-0.15, -0.1) is 0 Å². The Labute approximate surface area is 148 Å². The lowest BCUT2D eigenvalue weighted by molar-refractivity contribution is -0.0826. The summed E-state index contributed by atoms with van der Waals surface area (Å²) in [6.45, 7) is 8.32. The van der Waals surface area contributed by atoms with Gasteiger partial charge in [0.25, 0.3) is 0 Å². The fourth-order valence-corrected chi connectivity index (χ4v) is 1.54. The molecule has 0 amide bonds. The van der Waals surface area contributed by atoms with Crippen LogP contribution in [0.15, 0.2) is 0 Å². The maximum Gasteiger partial charge on any atom is 0.519 e. The van der Waals surface area contributed by atoms with E-state index in [1.54, 1.807) is 41.9 Å². The molecule has 0 N–H and O–H groups in total. The molecular weight excluding hydrogens is 336 g/mol. The van der Waals surface area contributed by atoms with E-state index in [0.717, 1.165) is 0 Å². The van der Waals surface area contributed by atoms with Gasteiger partial charge in [-0.2, -0.15) is 0 Å². The molecule has 25 heavy (non-hydrogen) atoms. The molecule has 0 radical (unpaired) electrons. The topological polar surface area (TPSA) is 98.8 Å². The molecule has 0 aromatic carbocycles. The quantitative estimate of drug-likeness (QED) is 0.292. The van der Waals surface area contributed by atoms with E-state index < -0.39 is 23.5 Å². The van der Waals surface area contributed by atoms with Crippen molar-refractivity contribution in [2.75, 3.05) is 53.9 Å². The summed E-state index contributed by atoms with van der Waals surface area (Å²) in [5.41, 5.74) is -1.94. The molecule has 0 fully saturated rings. The molecule has 0 aliphatic rings. The Hall–Kier alpha value is -1.42. The van der Waals surface area contributed by atoms with Gasteiger partial charge in [0.1, 0.15) is 11.2 Å². The molecule has 0 atom stereocenters. The summed E-state index contributed by atoms with van der Waals surface area (Å²) in [7, 11) is 3.11. The highest BCUT2D eigenvalue weighted by molar-refractivity contribution is 5.77. The molecule has 0 heterocycles. The number of rotatable bonds is 12. The van der Waals surface area contributed by atoms with E-state index in [-0.39, 0.29) is 13.2 Å². The summed E-state index contributed by atoms with van der Waals surface area (Å²) >= 11 is 0. The van der Waals surface area contributed by atoms with E-state index in [1.807, 2.05) is 0 Å². The molecule has 0 unspecified atom stereocenters. The third kappa shape index (κ3) is 13.5. The lowest BCUT2D eigenvalue weighted by Gasteiger charge is -2.26. The predicted octanol–water partition coefficient (Wildman–Crippen LogP) is 2.16. The van der Waals surface area contributed by atoms with Gasteiger partial charge in [-0.25, -0.2) is 9.59 Å². The zero-order valence-electron chi connectivity index (χ0n) is 15.9. The normalized spacial score (nSPS) is 11.9. The maximum absolute atomic E-state index is 11.7. The van der Waals surface area contributed by atoms with Gasteiger partial charge in [0.05, 0.1) is 39.6 Å². The van der Waals surface area contributed by atoms with E-state index in [4.69, 9.17) is 28.4 Å². The molecule has 0 saturated heterocycles. The first-order valence-corrected chi connectivity index (χ1v) is 7.89. The van der Waals surface area contributed by atoms with Crippen molar-refractivity contribution in [2.45, 2.75) is 38.9 Å². The first-order chi connectivity index (χ1) is 11.6. The monoisotopic (exact) mass is 366 g/mol. The Bertz CT molecular complexity index is 357. The standard InChI is InChI=1S/C16H30O9/c1-15(2,11-21-9-7-19-5)24-13(17)23-14(18)25-16(3,4)12-22-10-8-20-6/h7-12H2,1-6H3. The molecular formula is C16H30O9. The van der Waals surface area contributed by atoms with E-state index >= 15 is 0 Å². The van der Waals surface area contributed by atoms with Crippen LogP contribution < -0.4 is 0 Å². The Morgan fingerprint density at radius 2 is 1.04 bits per heavy atom. The van der Waals surface area contributed by atoms with Gasteiger partial charge in [-0.05, 0) is 27.7 Å². The van der Waals surface area contributed by atoms with Crippen molar-refractivity contribution in [2.24, 2.45) is 0 Å². The number of hydrogen-bond donors (Lipinski definition) is 0. The van der Waals surface area contributed by atoms with Crippen LogP contribution in [0.5, 0.6) is 0 Å². The van der Waals surface area contributed by atoms with Gasteiger partial charge >= 0.3 is 12.3 Å². The van der Waals surface area contributed by atoms with Crippen LogP contribution in [0.3, 0.4) is 0 Å². The average molecular weight is 366 g/mol. The summed E-state index contributed by atoms with van der Waals surface area (Å²) in [6, 6.07) is 0. The van der Waals surface area contributed by atoms with Gasteiger partial charge < -0.3 is 33.2 Å². The van der Waals surface area contributed by atoms with Crippen LogP contribution in [0.2, 0.25) is 0 Å². The second-order valence-corrected chi connectivity index (χ2v) is 6.42. The molecule has 0 spiro atoms. The SMILES string of the molecule is COCCOCC(C)(C)OC(=O)OC(=O)OC(C)(C)COCCOC. The first kappa shape index (κ1) is 23.6. The zero-order chi connectivity index (χ0) is 19.3. The summed E-state index contributed by atoms with van der Waals surface area (Å²) < 4.78 is 34.8. The van der Waals surface area contributed by atoms with Crippen molar-refractivity contribution in [3.63, 3.8) is 0 Å². The van der Waals surface area contributed by atoms with Crippen molar-refractivity contribution >= 4 is 12.3 Å². The third-order valence-corrected chi connectivity index (χ3v) is 2.65. The number of carbonyl (C=O) groups excluding carboxylic acids is 2. The maximum atomic E-state index is 11.7. The van der Waals surface area contributed by atoms with Crippen molar-refractivity contribution in [1.29, 1.82) is 0 Å². The Kier molecular flexibility index (Phi) is 11.3. The Balaban J connectivity index is 4.16. The van der Waals surface area contributed by atoms with E-state index in [1.165, 1.54) is 0 Å². The molecule has 0 aromatic heterocycles. The number of ether oxygens (including phenoxy) is 7. The summed E-state index contributed by atoms with van der Waals surface area (Å²) in [5.74, 6) is 0. The summed E-state index contributed by atoms with van der Waals surface area (Å²) in [4.78, 5) is 23.3. The lowest BCUT2D eigenvalue weighted by Crippen LogP contribution is -2.37. The van der Waals surface area contributed by atoms with Crippen molar-refractivity contribution in [3.05, 3.63) is 0 Å². The fourth-order valence-electron chi connectivity index (χ4n) is 1.54. The minimum absolute atomic E-state index is 0.124. The molecule has 0 saturated carbocycles. The van der Waals surface area contributed by atoms with E-state index in [9.17, 15) is 9.59 Å².